The van der Waals surface area contributed by atoms with Gasteiger partial charge in [-0.15, -0.1) is 0 Å². The third-order valence-corrected chi connectivity index (χ3v) is 5.20. The van der Waals surface area contributed by atoms with Gasteiger partial charge in [-0.25, -0.2) is 4.98 Å². The van der Waals surface area contributed by atoms with Crippen LogP contribution in [0.3, 0.4) is 0 Å². The van der Waals surface area contributed by atoms with Gasteiger partial charge in [0.15, 0.2) is 0 Å². The predicted molar refractivity (Wildman–Crippen MR) is 120 cm³/mol. The Morgan fingerprint density at radius 3 is 2.84 bits per heavy atom. The topological polar surface area (TPSA) is 93.2 Å². The van der Waals surface area contributed by atoms with E-state index in [1.807, 2.05) is 0 Å². The molecule has 1 N–H and O–H groups in total. The zero-order valence-corrected chi connectivity index (χ0v) is 19.1. The quantitative estimate of drug-likeness (QED) is 0.248. The number of H-pyrrole nitrogens is 1. The van der Waals surface area contributed by atoms with Crippen LogP contribution in [0, 0.1) is 0 Å². The number of nitrogens with zero attached hydrogens (tertiary/aromatic N) is 4. The molecule has 1 unspecified atom stereocenters. The summed E-state index contributed by atoms with van der Waals surface area (Å²) in [6.07, 6.45) is 3.00. The van der Waals surface area contributed by atoms with Gasteiger partial charge in [0.05, 0.1) is 24.9 Å². The Balaban J connectivity index is 1.85. The lowest BCUT2D eigenvalue weighted by Gasteiger charge is -2.17. The first-order valence-corrected chi connectivity index (χ1v) is 12.7. The van der Waals surface area contributed by atoms with E-state index in [0.29, 0.717) is 52.6 Å². The van der Waals surface area contributed by atoms with Crippen LogP contribution in [0.25, 0.3) is 23.2 Å². The molecule has 0 radical (unpaired) electrons. The number of alkyl halides is 3. The van der Waals surface area contributed by atoms with Crippen molar-refractivity contribution in [3.63, 3.8) is 0 Å². The van der Waals surface area contributed by atoms with E-state index < -0.39 is 12.1 Å². The fourth-order valence-corrected chi connectivity index (χ4v) is 3.35. The largest absolute Gasteiger partial charge is 0.490 e. The zero-order valence-electron chi connectivity index (χ0n) is 16.0. The van der Waals surface area contributed by atoms with Gasteiger partial charge in [-0.3, -0.25) is 14.7 Å². The van der Waals surface area contributed by atoms with Crippen molar-refractivity contribution in [2.45, 2.75) is 6.18 Å². The number of aromatic amines is 1. The second kappa shape index (κ2) is 10.3. The van der Waals surface area contributed by atoms with Gasteiger partial charge in [0, 0.05) is 24.8 Å². The summed E-state index contributed by atoms with van der Waals surface area (Å²) in [6, 6.07) is 3.45. The van der Waals surface area contributed by atoms with Gasteiger partial charge < -0.3 is 14.2 Å². The normalized spacial score (nSPS) is 12.3. The predicted octanol–water partition coefficient (Wildman–Crippen LogP) is 4.39. The summed E-state index contributed by atoms with van der Waals surface area (Å²) in [5, 5.41) is 0.588. The van der Waals surface area contributed by atoms with E-state index in [0.717, 1.165) is 7.05 Å². The smallest absolute Gasteiger partial charge is 0.471 e. The first kappa shape index (κ1) is 23.4. The molecule has 1 atom stereocenters. The Hall–Kier alpha value is -2.31. The number of ether oxygens (including phenoxy) is 1. The van der Waals surface area contributed by atoms with Crippen LogP contribution < -0.4 is 9.64 Å². The lowest BCUT2D eigenvalue weighted by molar-refractivity contribution is -0.170. The molecular formula is C18H16F3IN5O3P. The van der Waals surface area contributed by atoms with E-state index in [9.17, 15) is 18.0 Å². The molecular weight excluding hydrogens is 549 g/mol. The average molecular weight is 565 g/mol. The number of anilines is 1. The molecule has 31 heavy (non-hydrogen) atoms. The third kappa shape index (κ3) is 6.11. The number of nitrogens with one attached hydrogen (secondary N) is 1. The van der Waals surface area contributed by atoms with Gasteiger partial charge in [-0.05, 0) is 45.8 Å². The maximum Gasteiger partial charge on any atom is 0.471 e. The summed E-state index contributed by atoms with van der Waals surface area (Å²) in [6.45, 7) is 1.19. The van der Waals surface area contributed by atoms with Crippen molar-refractivity contribution in [2.75, 3.05) is 25.2 Å². The fourth-order valence-electron chi connectivity index (χ4n) is 2.53. The second-order valence-corrected chi connectivity index (χ2v) is 7.84. The Morgan fingerprint density at radius 2 is 2.10 bits per heavy atom. The Morgan fingerprint density at radius 1 is 1.29 bits per heavy atom. The van der Waals surface area contributed by atoms with Crippen molar-refractivity contribution in [3.05, 3.63) is 42.0 Å². The molecule has 0 saturated carbocycles. The second-order valence-electron chi connectivity index (χ2n) is 6.07. The molecule has 13 heteroatoms. The number of fused-ring (bicyclic) bond motifs is 1. The number of carbonyl (C=O) groups is 1. The molecule has 0 bridgehead atoms. The number of pyridine rings is 1. The maximum absolute atomic E-state index is 12.8. The number of aromatic nitrogens is 4. The SMILES string of the molecule is CN(C(=O)C(F)(F)F)c1nc(/C=C/c2cncc(OCCOPI)c2)c2cc[nH]c2n1. The van der Waals surface area contributed by atoms with E-state index in [-0.39, 0.29) is 5.95 Å². The van der Waals surface area contributed by atoms with Crippen molar-refractivity contribution < 1.29 is 27.2 Å². The highest BCUT2D eigenvalue weighted by molar-refractivity contribution is 14.2. The van der Waals surface area contributed by atoms with E-state index in [1.54, 1.807) is 42.9 Å². The van der Waals surface area contributed by atoms with Crippen LogP contribution in [0.5, 0.6) is 5.75 Å². The minimum absolute atomic E-state index is 0.303. The summed E-state index contributed by atoms with van der Waals surface area (Å²) in [7, 11) is 0.973. The number of carbonyl (C=O) groups excluding carboxylic acids is 1. The molecule has 8 nitrogen and oxygen atoms in total. The molecule has 0 aliphatic heterocycles. The summed E-state index contributed by atoms with van der Waals surface area (Å²) in [5.74, 6) is -1.88. The first-order chi connectivity index (χ1) is 14.8. The summed E-state index contributed by atoms with van der Waals surface area (Å²) in [5.41, 5.74) is 1.33. The highest BCUT2D eigenvalue weighted by Gasteiger charge is 2.42. The lowest BCUT2D eigenvalue weighted by atomic mass is 10.2. The van der Waals surface area contributed by atoms with E-state index in [4.69, 9.17) is 9.26 Å². The van der Waals surface area contributed by atoms with Crippen LogP contribution in [0.15, 0.2) is 30.7 Å². The van der Waals surface area contributed by atoms with Gasteiger partial charge >= 0.3 is 12.1 Å². The summed E-state index contributed by atoms with van der Waals surface area (Å²) < 4.78 is 49.1. The molecule has 0 spiro atoms. The van der Waals surface area contributed by atoms with E-state index >= 15 is 0 Å². The van der Waals surface area contributed by atoms with Crippen LogP contribution in [0.4, 0.5) is 19.1 Å². The first-order valence-electron chi connectivity index (χ1n) is 8.73. The molecule has 3 aromatic rings. The van der Waals surface area contributed by atoms with Crippen LogP contribution in [-0.2, 0) is 9.32 Å². The molecule has 0 saturated heterocycles. The van der Waals surface area contributed by atoms with Crippen molar-refractivity contribution in [1.29, 1.82) is 0 Å². The molecule has 0 aliphatic rings. The van der Waals surface area contributed by atoms with Gasteiger partial charge in [0.1, 0.15) is 18.0 Å². The summed E-state index contributed by atoms with van der Waals surface area (Å²) in [4.78, 5) is 27.0. The lowest BCUT2D eigenvalue weighted by Crippen LogP contribution is -2.39. The zero-order chi connectivity index (χ0) is 22.4. The van der Waals surface area contributed by atoms with Crippen LogP contribution in [0.2, 0.25) is 0 Å². The standard InChI is InChI=1S/C18H16F3IN5O3P/c1-27(16(28)18(19,20)21)17-25-14(13-4-5-24-15(13)26-17)3-2-11-8-12(10-23-9-11)29-6-7-30-31-22/h2-5,8-10,31H,6-7H2,1H3,(H,24,25,26)/b3-2+. The minimum Gasteiger partial charge on any atom is -0.490 e. The number of halogens is 4. The average Bonchev–Trinajstić information content (AvgIpc) is 3.22. The van der Waals surface area contributed by atoms with Crippen molar-refractivity contribution in [1.82, 2.24) is 19.9 Å². The molecule has 3 heterocycles. The van der Waals surface area contributed by atoms with Crippen molar-refractivity contribution in [3.8, 4) is 5.75 Å². The number of amides is 1. The van der Waals surface area contributed by atoms with Gasteiger partial charge in [0.2, 0.25) is 5.95 Å². The number of rotatable bonds is 8. The number of hydrogen-bond acceptors (Lipinski definition) is 6. The molecule has 3 aromatic heterocycles. The molecule has 1 amide bonds. The van der Waals surface area contributed by atoms with E-state index in [2.05, 4.69) is 42.0 Å². The minimum atomic E-state index is -5.03. The van der Waals surface area contributed by atoms with Crippen molar-refractivity contribution in [2.24, 2.45) is 0 Å². The Kier molecular flexibility index (Phi) is 7.79. The van der Waals surface area contributed by atoms with Crippen LogP contribution in [0.1, 0.15) is 11.3 Å². The fraction of sp³-hybridized carbons (Fsp3) is 0.222. The maximum atomic E-state index is 12.8. The monoisotopic (exact) mass is 565 g/mol. The highest BCUT2D eigenvalue weighted by Crippen LogP contribution is 2.24. The summed E-state index contributed by atoms with van der Waals surface area (Å²) >= 11 is 2.12. The van der Waals surface area contributed by atoms with Gasteiger partial charge in [0.25, 0.3) is 0 Å². The highest BCUT2D eigenvalue weighted by atomic mass is 127. The third-order valence-electron chi connectivity index (χ3n) is 3.96. The molecule has 164 valence electrons. The molecule has 0 aromatic carbocycles. The number of hydrogen-bond donors (Lipinski definition) is 1. The van der Waals surface area contributed by atoms with Crippen molar-refractivity contribution >= 4 is 63.5 Å². The van der Waals surface area contributed by atoms with Crippen LogP contribution >= 0.6 is 28.5 Å². The van der Waals surface area contributed by atoms with Gasteiger partial charge in [-0.2, -0.15) is 18.2 Å². The van der Waals surface area contributed by atoms with E-state index in [1.165, 1.54) is 0 Å². The Labute approximate surface area is 189 Å². The molecule has 0 aliphatic carbocycles. The molecule has 3 rings (SSSR count). The van der Waals surface area contributed by atoms with Gasteiger partial charge in [-0.1, -0.05) is 6.08 Å². The molecule has 0 fully saturated rings. The van der Waals surface area contributed by atoms with Crippen LogP contribution in [-0.4, -0.2) is 52.3 Å². The Bertz CT molecular complexity index is 1090.